The third-order valence-corrected chi connectivity index (χ3v) is 6.85. The maximum absolute atomic E-state index is 13.4. The fourth-order valence-electron chi connectivity index (χ4n) is 4.78. The quantitative estimate of drug-likeness (QED) is 0.366. The zero-order chi connectivity index (χ0) is 26.6. The number of para-hydroxylation sites is 1. The number of hydrogen-bond donors (Lipinski definition) is 2. The summed E-state index contributed by atoms with van der Waals surface area (Å²) in [4.78, 5) is 28.5. The van der Waals surface area contributed by atoms with Crippen LogP contribution in [0.3, 0.4) is 0 Å². The van der Waals surface area contributed by atoms with Gasteiger partial charge in [0, 0.05) is 38.1 Å². The number of nitrogens with zero attached hydrogens (tertiary/aromatic N) is 3. The Labute approximate surface area is 220 Å². The number of carbonyl (C=O) groups excluding carboxylic acids is 2. The summed E-state index contributed by atoms with van der Waals surface area (Å²) in [6.45, 7) is 8.82. The monoisotopic (exact) mass is 501 g/mol. The Morgan fingerprint density at radius 1 is 1.11 bits per heavy atom. The maximum Gasteiger partial charge on any atom is 0.265 e. The van der Waals surface area contributed by atoms with E-state index in [4.69, 9.17) is 0 Å². The average Bonchev–Trinajstić information content (AvgIpc) is 3.45. The van der Waals surface area contributed by atoms with Crippen LogP contribution in [0.1, 0.15) is 61.1 Å². The van der Waals surface area contributed by atoms with E-state index in [1.807, 2.05) is 36.5 Å². The number of likely N-dealkylation sites (tertiary alicyclic amines) is 1. The van der Waals surface area contributed by atoms with Crippen LogP contribution >= 0.6 is 0 Å². The molecule has 1 unspecified atom stereocenters. The zero-order valence-electron chi connectivity index (χ0n) is 22.6. The first kappa shape index (κ1) is 26.5. The van der Waals surface area contributed by atoms with Crippen LogP contribution in [0.2, 0.25) is 0 Å². The molecular formula is C30H39N5O2. The van der Waals surface area contributed by atoms with Gasteiger partial charge in [-0.15, -0.1) is 0 Å². The summed E-state index contributed by atoms with van der Waals surface area (Å²) in [5.74, 6) is 0.295. The van der Waals surface area contributed by atoms with Crippen molar-refractivity contribution in [2.45, 2.75) is 46.2 Å². The Morgan fingerprint density at radius 3 is 2.41 bits per heavy atom. The van der Waals surface area contributed by atoms with E-state index in [2.05, 4.69) is 72.2 Å². The molecule has 0 radical (unpaired) electrons. The van der Waals surface area contributed by atoms with Gasteiger partial charge in [0.1, 0.15) is 11.4 Å². The number of aromatic nitrogens is 1. The highest BCUT2D eigenvalue weighted by atomic mass is 16.2. The van der Waals surface area contributed by atoms with E-state index in [-0.39, 0.29) is 11.3 Å². The van der Waals surface area contributed by atoms with E-state index in [0.29, 0.717) is 42.6 Å². The molecule has 1 aliphatic rings. The van der Waals surface area contributed by atoms with Gasteiger partial charge in [-0.1, -0.05) is 63.2 Å². The standard InChI is InChI=1S/C30H39N5O2/c1-30(2,3)20-31-25-19-35(18-22-13-15-23(16-14-22)26-12-9-17-33(26)4)28(27(25)29(37)34(5)21-36)32-24-10-7-6-8-11-24/h6-8,10-11,13-16,19,21,26,31-32H,9,12,17-18,20H2,1-5H3. The minimum Gasteiger partial charge on any atom is -0.383 e. The van der Waals surface area contributed by atoms with Crippen molar-refractivity contribution in [2.24, 2.45) is 5.41 Å². The molecule has 3 aromatic rings. The Kier molecular flexibility index (Phi) is 8.03. The predicted octanol–water partition coefficient (Wildman–Crippen LogP) is 5.73. The summed E-state index contributed by atoms with van der Waals surface area (Å²) in [7, 11) is 3.68. The van der Waals surface area contributed by atoms with E-state index in [1.54, 1.807) is 0 Å². The van der Waals surface area contributed by atoms with Gasteiger partial charge in [0.25, 0.3) is 5.91 Å². The lowest BCUT2D eigenvalue weighted by molar-refractivity contribution is -0.115. The molecule has 1 saturated heterocycles. The molecule has 2 heterocycles. The number of rotatable bonds is 9. The minimum atomic E-state index is -0.358. The summed E-state index contributed by atoms with van der Waals surface area (Å²) in [6, 6.07) is 19.1. The van der Waals surface area contributed by atoms with Gasteiger partial charge in [0.15, 0.2) is 0 Å². The van der Waals surface area contributed by atoms with Crippen molar-refractivity contribution < 1.29 is 9.59 Å². The third-order valence-electron chi connectivity index (χ3n) is 6.85. The van der Waals surface area contributed by atoms with Gasteiger partial charge >= 0.3 is 0 Å². The maximum atomic E-state index is 13.4. The van der Waals surface area contributed by atoms with E-state index >= 15 is 0 Å². The molecule has 7 heteroatoms. The Morgan fingerprint density at radius 2 is 1.81 bits per heavy atom. The lowest BCUT2D eigenvalue weighted by atomic mass is 9.97. The molecule has 0 bridgehead atoms. The average molecular weight is 502 g/mol. The topological polar surface area (TPSA) is 69.6 Å². The smallest absolute Gasteiger partial charge is 0.265 e. The summed E-state index contributed by atoms with van der Waals surface area (Å²) >= 11 is 0. The van der Waals surface area contributed by atoms with Gasteiger partial charge in [-0.25, -0.2) is 0 Å². The highest BCUT2D eigenvalue weighted by Crippen LogP contribution is 2.34. The molecule has 1 aromatic heterocycles. The highest BCUT2D eigenvalue weighted by Gasteiger charge is 2.26. The van der Waals surface area contributed by atoms with Gasteiger partial charge in [0.2, 0.25) is 6.41 Å². The van der Waals surface area contributed by atoms with Crippen LogP contribution in [0.5, 0.6) is 0 Å². The molecule has 0 aliphatic carbocycles. The molecule has 4 rings (SSSR count). The van der Waals surface area contributed by atoms with Crippen molar-refractivity contribution in [3.63, 3.8) is 0 Å². The first-order valence-corrected chi connectivity index (χ1v) is 13.0. The molecule has 1 aliphatic heterocycles. The largest absolute Gasteiger partial charge is 0.383 e. The summed E-state index contributed by atoms with van der Waals surface area (Å²) < 4.78 is 2.06. The number of benzene rings is 2. The van der Waals surface area contributed by atoms with Gasteiger partial charge in [-0.3, -0.25) is 19.4 Å². The minimum absolute atomic E-state index is 0.00916. The lowest BCUT2D eigenvalue weighted by Gasteiger charge is -2.20. The molecule has 2 aromatic carbocycles. The van der Waals surface area contributed by atoms with Gasteiger partial charge in [-0.05, 0) is 55.1 Å². The fraction of sp³-hybridized carbons (Fsp3) is 0.400. The van der Waals surface area contributed by atoms with Crippen LogP contribution in [0.4, 0.5) is 17.2 Å². The van der Waals surface area contributed by atoms with Gasteiger partial charge < -0.3 is 15.2 Å². The zero-order valence-corrected chi connectivity index (χ0v) is 22.6. The number of amides is 2. The predicted molar refractivity (Wildman–Crippen MR) is 150 cm³/mol. The molecule has 1 atom stereocenters. The van der Waals surface area contributed by atoms with Crippen LogP contribution < -0.4 is 10.6 Å². The molecule has 7 nitrogen and oxygen atoms in total. The van der Waals surface area contributed by atoms with Gasteiger partial charge in [-0.2, -0.15) is 0 Å². The molecule has 0 spiro atoms. The Bertz CT molecular complexity index is 1210. The first-order valence-electron chi connectivity index (χ1n) is 13.0. The summed E-state index contributed by atoms with van der Waals surface area (Å²) in [6.07, 6.45) is 4.95. The lowest BCUT2D eigenvalue weighted by Crippen LogP contribution is -2.27. The van der Waals surface area contributed by atoms with Crippen molar-refractivity contribution in [2.75, 3.05) is 37.8 Å². The Balaban J connectivity index is 1.72. The van der Waals surface area contributed by atoms with E-state index in [9.17, 15) is 9.59 Å². The van der Waals surface area contributed by atoms with E-state index < -0.39 is 0 Å². The molecule has 2 amide bonds. The number of nitrogens with one attached hydrogen (secondary N) is 2. The number of hydrogen-bond acceptors (Lipinski definition) is 5. The van der Waals surface area contributed by atoms with Crippen LogP contribution in [0, 0.1) is 5.41 Å². The second-order valence-corrected chi connectivity index (χ2v) is 11.2. The van der Waals surface area contributed by atoms with E-state index in [0.717, 1.165) is 22.7 Å². The number of imide groups is 1. The van der Waals surface area contributed by atoms with Crippen molar-refractivity contribution >= 4 is 29.5 Å². The van der Waals surface area contributed by atoms with Crippen LogP contribution in [-0.2, 0) is 11.3 Å². The molecule has 2 N–H and O–H groups in total. The van der Waals surface area contributed by atoms with Crippen molar-refractivity contribution in [1.82, 2.24) is 14.4 Å². The van der Waals surface area contributed by atoms with Crippen LogP contribution in [0.25, 0.3) is 0 Å². The van der Waals surface area contributed by atoms with E-state index in [1.165, 1.54) is 25.5 Å². The SMILES string of the molecule is CN(C=O)C(=O)c1c(NCC(C)(C)C)cn(Cc2ccc(C3CCCN3C)cc2)c1Nc1ccccc1. The van der Waals surface area contributed by atoms with Crippen LogP contribution in [0.15, 0.2) is 60.8 Å². The summed E-state index contributed by atoms with van der Waals surface area (Å²) in [5.41, 5.74) is 4.51. The van der Waals surface area contributed by atoms with Crippen molar-refractivity contribution in [3.05, 3.63) is 77.5 Å². The van der Waals surface area contributed by atoms with Gasteiger partial charge in [0.05, 0.1) is 5.69 Å². The second kappa shape index (κ2) is 11.2. The van der Waals surface area contributed by atoms with Crippen molar-refractivity contribution in [1.29, 1.82) is 0 Å². The number of carbonyl (C=O) groups is 2. The third kappa shape index (κ3) is 6.41. The van der Waals surface area contributed by atoms with Crippen molar-refractivity contribution in [3.8, 4) is 0 Å². The van der Waals surface area contributed by atoms with Crippen LogP contribution in [-0.4, -0.2) is 53.9 Å². The molecule has 196 valence electrons. The second-order valence-electron chi connectivity index (χ2n) is 11.2. The first-order chi connectivity index (χ1) is 17.7. The molecule has 37 heavy (non-hydrogen) atoms. The molecule has 0 saturated carbocycles. The fourth-order valence-corrected chi connectivity index (χ4v) is 4.78. The highest BCUT2D eigenvalue weighted by molar-refractivity contribution is 6.08. The normalized spacial score (nSPS) is 16.0. The molecule has 1 fully saturated rings. The Hall–Kier alpha value is -3.58. The number of anilines is 3. The summed E-state index contributed by atoms with van der Waals surface area (Å²) in [5, 5.41) is 6.92. The molecular weight excluding hydrogens is 462 g/mol.